The van der Waals surface area contributed by atoms with Crippen LogP contribution >= 0.6 is 0 Å². The number of nitrogens with zero attached hydrogens (tertiary/aromatic N) is 1. The maximum Gasteiger partial charge on any atom is 0.418 e. The molecule has 2 amide bonds. The largest absolute Gasteiger partial charge is 0.494 e. The topological polar surface area (TPSA) is 78.9 Å². The van der Waals surface area contributed by atoms with Gasteiger partial charge in [-0.25, -0.2) is 4.79 Å². The standard InChI is InChI=1S/C16H19F3N2O4/c1-2-25-11-5-6-13(12(8-11)16(17,18)19)20-15(24)21-7-3-4-10(9-21)14(22)23/h5-6,8,10H,2-4,7,9H2,1H3,(H,20,24)(H,22,23). The quantitative estimate of drug-likeness (QED) is 0.862. The first kappa shape index (κ1) is 18.9. The van der Waals surface area contributed by atoms with Crippen molar-refractivity contribution in [3.05, 3.63) is 23.8 Å². The lowest BCUT2D eigenvalue weighted by Crippen LogP contribution is -2.44. The van der Waals surface area contributed by atoms with Crippen LogP contribution in [0.2, 0.25) is 0 Å². The number of carbonyl (C=O) groups excluding carboxylic acids is 1. The van der Waals surface area contributed by atoms with Crippen LogP contribution in [0.25, 0.3) is 0 Å². The van der Waals surface area contributed by atoms with Crippen molar-refractivity contribution in [2.45, 2.75) is 25.9 Å². The van der Waals surface area contributed by atoms with E-state index >= 15 is 0 Å². The number of carboxylic acids is 1. The molecule has 25 heavy (non-hydrogen) atoms. The lowest BCUT2D eigenvalue weighted by atomic mass is 9.99. The second-order valence-corrected chi connectivity index (χ2v) is 5.69. The van der Waals surface area contributed by atoms with E-state index in [0.717, 1.165) is 12.1 Å². The van der Waals surface area contributed by atoms with Crippen molar-refractivity contribution >= 4 is 17.7 Å². The first-order valence-corrected chi connectivity index (χ1v) is 7.85. The summed E-state index contributed by atoms with van der Waals surface area (Å²) in [5, 5.41) is 11.3. The second-order valence-electron chi connectivity index (χ2n) is 5.69. The molecule has 1 aliphatic heterocycles. The van der Waals surface area contributed by atoms with Gasteiger partial charge >= 0.3 is 18.2 Å². The number of piperidine rings is 1. The van der Waals surface area contributed by atoms with Crippen molar-refractivity contribution in [3.8, 4) is 5.75 Å². The zero-order valence-electron chi connectivity index (χ0n) is 13.6. The third-order valence-corrected chi connectivity index (χ3v) is 3.91. The van der Waals surface area contributed by atoms with Crippen LogP contribution in [0.3, 0.4) is 0 Å². The molecule has 138 valence electrons. The first-order chi connectivity index (χ1) is 11.7. The highest BCUT2D eigenvalue weighted by atomic mass is 19.4. The van der Waals surface area contributed by atoms with Crippen molar-refractivity contribution in [2.24, 2.45) is 5.92 Å². The molecule has 1 aromatic carbocycles. The number of benzene rings is 1. The number of likely N-dealkylation sites (tertiary alicyclic amines) is 1. The van der Waals surface area contributed by atoms with Gasteiger partial charge in [-0.05, 0) is 38.0 Å². The van der Waals surface area contributed by atoms with Gasteiger partial charge < -0.3 is 20.1 Å². The minimum absolute atomic E-state index is 0.0282. The number of carboxylic acid groups (broad SMARTS) is 1. The fraction of sp³-hybridized carbons (Fsp3) is 0.500. The molecule has 0 saturated carbocycles. The molecule has 1 aliphatic rings. The predicted molar refractivity (Wildman–Crippen MR) is 83.6 cm³/mol. The van der Waals surface area contributed by atoms with E-state index in [4.69, 9.17) is 9.84 Å². The Hall–Kier alpha value is -2.45. The molecular formula is C16H19F3N2O4. The molecule has 2 rings (SSSR count). The zero-order valence-corrected chi connectivity index (χ0v) is 13.6. The molecule has 1 atom stereocenters. The molecule has 9 heteroatoms. The number of aliphatic carboxylic acids is 1. The van der Waals surface area contributed by atoms with Crippen molar-refractivity contribution in [1.29, 1.82) is 0 Å². The van der Waals surface area contributed by atoms with Crippen LogP contribution in [0.1, 0.15) is 25.3 Å². The Morgan fingerprint density at radius 2 is 2.12 bits per heavy atom. The SMILES string of the molecule is CCOc1ccc(NC(=O)N2CCCC(C(=O)O)C2)c(C(F)(F)F)c1. The summed E-state index contributed by atoms with van der Waals surface area (Å²) in [7, 11) is 0. The first-order valence-electron chi connectivity index (χ1n) is 7.85. The Morgan fingerprint density at radius 1 is 1.40 bits per heavy atom. The predicted octanol–water partition coefficient (Wildman–Crippen LogP) is 3.43. The van der Waals surface area contributed by atoms with E-state index in [-0.39, 0.29) is 18.9 Å². The number of urea groups is 1. The normalized spacial score (nSPS) is 17.9. The van der Waals surface area contributed by atoms with Crippen LogP contribution in [0.15, 0.2) is 18.2 Å². The van der Waals surface area contributed by atoms with Crippen LogP contribution in [0.5, 0.6) is 5.75 Å². The highest BCUT2D eigenvalue weighted by molar-refractivity contribution is 5.91. The van der Waals surface area contributed by atoms with Crippen LogP contribution in [-0.4, -0.2) is 41.7 Å². The molecule has 0 radical (unpaired) electrons. The fourth-order valence-corrected chi connectivity index (χ4v) is 2.68. The smallest absolute Gasteiger partial charge is 0.418 e. The number of hydrogen-bond donors (Lipinski definition) is 2. The third-order valence-electron chi connectivity index (χ3n) is 3.91. The van der Waals surface area contributed by atoms with Gasteiger partial charge in [0.2, 0.25) is 0 Å². The summed E-state index contributed by atoms with van der Waals surface area (Å²) in [6.07, 6.45) is -3.74. The highest BCUT2D eigenvalue weighted by Gasteiger charge is 2.35. The van der Waals surface area contributed by atoms with Crippen LogP contribution in [0, 0.1) is 5.92 Å². The molecule has 1 aromatic rings. The molecule has 1 fully saturated rings. The van der Waals surface area contributed by atoms with Crippen LogP contribution in [-0.2, 0) is 11.0 Å². The number of hydrogen-bond acceptors (Lipinski definition) is 3. The molecule has 1 saturated heterocycles. The molecule has 0 aromatic heterocycles. The van der Waals surface area contributed by atoms with E-state index in [0.29, 0.717) is 19.4 Å². The minimum atomic E-state index is -4.67. The maximum absolute atomic E-state index is 13.2. The number of amides is 2. The monoisotopic (exact) mass is 360 g/mol. The van der Waals surface area contributed by atoms with Crippen LogP contribution in [0.4, 0.5) is 23.7 Å². The van der Waals surface area contributed by atoms with Crippen molar-refractivity contribution in [3.63, 3.8) is 0 Å². The zero-order chi connectivity index (χ0) is 18.6. The third kappa shape index (κ3) is 4.77. The van der Waals surface area contributed by atoms with Gasteiger partial charge in [0.15, 0.2) is 0 Å². The van der Waals surface area contributed by atoms with Crippen LogP contribution < -0.4 is 10.1 Å². The number of carbonyl (C=O) groups is 2. The van der Waals surface area contributed by atoms with Gasteiger partial charge in [-0.1, -0.05) is 0 Å². The number of nitrogens with one attached hydrogen (secondary N) is 1. The second kappa shape index (κ2) is 7.62. The Balaban J connectivity index is 2.18. The number of rotatable bonds is 4. The van der Waals surface area contributed by atoms with E-state index in [1.54, 1.807) is 6.92 Å². The van der Waals surface area contributed by atoms with E-state index in [1.165, 1.54) is 11.0 Å². The lowest BCUT2D eigenvalue weighted by Gasteiger charge is -2.31. The van der Waals surface area contributed by atoms with E-state index in [2.05, 4.69) is 5.32 Å². The van der Waals surface area contributed by atoms with Gasteiger partial charge in [0.1, 0.15) is 5.75 Å². The summed E-state index contributed by atoms with van der Waals surface area (Å²) in [4.78, 5) is 24.5. The number of halogens is 3. The van der Waals surface area contributed by atoms with E-state index in [1.807, 2.05) is 0 Å². The molecule has 6 nitrogen and oxygen atoms in total. The summed E-state index contributed by atoms with van der Waals surface area (Å²) >= 11 is 0. The highest BCUT2D eigenvalue weighted by Crippen LogP contribution is 2.37. The van der Waals surface area contributed by atoms with Gasteiger partial charge in [0.05, 0.1) is 23.8 Å². The Labute approximate surface area is 142 Å². The lowest BCUT2D eigenvalue weighted by molar-refractivity contribution is -0.143. The molecular weight excluding hydrogens is 341 g/mol. The Morgan fingerprint density at radius 3 is 2.72 bits per heavy atom. The summed E-state index contributed by atoms with van der Waals surface area (Å²) < 4.78 is 44.8. The van der Waals surface area contributed by atoms with Gasteiger partial charge in [-0.2, -0.15) is 13.2 Å². The van der Waals surface area contributed by atoms with Crippen molar-refractivity contribution < 1.29 is 32.6 Å². The van der Waals surface area contributed by atoms with Gasteiger partial charge in [0, 0.05) is 13.1 Å². The van der Waals surface area contributed by atoms with Crippen molar-refractivity contribution in [1.82, 2.24) is 4.90 Å². The summed E-state index contributed by atoms with van der Waals surface area (Å²) in [6.45, 7) is 2.14. The molecule has 0 aliphatic carbocycles. The summed E-state index contributed by atoms with van der Waals surface area (Å²) in [5.41, 5.74) is -1.41. The fourth-order valence-electron chi connectivity index (χ4n) is 2.68. The molecule has 0 bridgehead atoms. The molecule has 1 unspecified atom stereocenters. The summed E-state index contributed by atoms with van der Waals surface area (Å²) in [5.74, 6) is -1.67. The van der Waals surface area contributed by atoms with E-state index < -0.39 is 35.3 Å². The number of ether oxygens (including phenoxy) is 1. The van der Waals surface area contributed by atoms with Crippen molar-refractivity contribution in [2.75, 3.05) is 25.0 Å². The molecule has 0 spiro atoms. The minimum Gasteiger partial charge on any atom is -0.494 e. The number of anilines is 1. The Bertz CT molecular complexity index is 649. The molecule has 2 N–H and O–H groups in total. The maximum atomic E-state index is 13.2. The van der Waals surface area contributed by atoms with Gasteiger partial charge in [-0.15, -0.1) is 0 Å². The number of alkyl halides is 3. The average molecular weight is 360 g/mol. The van der Waals surface area contributed by atoms with Gasteiger partial charge in [0.25, 0.3) is 0 Å². The Kier molecular flexibility index (Phi) is 5.76. The van der Waals surface area contributed by atoms with E-state index in [9.17, 15) is 22.8 Å². The van der Waals surface area contributed by atoms with Gasteiger partial charge in [-0.3, -0.25) is 4.79 Å². The molecule has 1 heterocycles. The summed E-state index contributed by atoms with van der Waals surface area (Å²) in [6, 6.07) is 2.55. The average Bonchev–Trinajstić information content (AvgIpc) is 2.55.